The molecule has 22 heavy (non-hydrogen) atoms. The molecule has 1 amide bonds. The second-order valence-electron chi connectivity index (χ2n) is 5.88. The molecule has 2 aromatic heterocycles. The summed E-state index contributed by atoms with van der Waals surface area (Å²) >= 11 is 1.58. The predicted molar refractivity (Wildman–Crippen MR) is 84.6 cm³/mol. The van der Waals surface area contributed by atoms with Gasteiger partial charge in [0.1, 0.15) is 5.76 Å². The van der Waals surface area contributed by atoms with E-state index in [1.807, 2.05) is 30.7 Å². The highest BCUT2D eigenvalue weighted by Crippen LogP contribution is 2.25. The number of carbonyl (C=O) groups excluding carboxylic acids is 1. The average molecular weight is 320 g/mol. The van der Waals surface area contributed by atoms with Crippen molar-refractivity contribution in [1.82, 2.24) is 9.88 Å². The molecule has 0 aromatic carbocycles. The largest absolute Gasteiger partial charge is 0.441 e. The summed E-state index contributed by atoms with van der Waals surface area (Å²) in [4.78, 5) is 18.6. The molecule has 1 aliphatic rings. The number of rotatable bonds is 3. The molecule has 2 aromatic rings. The van der Waals surface area contributed by atoms with Gasteiger partial charge >= 0.3 is 0 Å². The lowest BCUT2D eigenvalue weighted by Gasteiger charge is -2.34. The van der Waals surface area contributed by atoms with Crippen LogP contribution >= 0.6 is 11.3 Å². The number of hydrogen-bond acceptors (Lipinski definition) is 5. The number of nitrogens with zero attached hydrogens (tertiary/aromatic N) is 2. The third kappa shape index (κ3) is 3.08. The molecule has 1 fully saturated rings. The standard InChI is InChI=1S/C16H20N2O3S/c1-10-3-5-18(8-14(10)19)15(20)7-13-11(2)21-16(17-13)12-4-6-22-9-12/h4,6,9-10,14,19H,3,5,7-8H2,1-2H3. The summed E-state index contributed by atoms with van der Waals surface area (Å²) in [7, 11) is 0. The Morgan fingerprint density at radius 3 is 3.09 bits per heavy atom. The van der Waals surface area contributed by atoms with Gasteiger partial charge in [-0.1, -0.05) is 6.92 Å². The lowest BCUT2D eigenvalue weighted by atomic mass is 9.96. The molecule has 3 heterocycles. The van der Waals surface area contributed by atoms with E-state index in [1.165, 1.54) is 0 Å². The van der Waals surface area contributed by atoms with Gasteiger partial charge in [0.05, 0.1) is 18.2 Å². The van der Waals surface area contributed by atoms with E-state index in [-0.39, 0.29) is 18.2 Å². The van der Waals surface area contributed by atoms with Crippen LogP contribution in [0.2, 0.25) is 0 Å². The summed E-state index contributed by atoms with van der Waals surface area (Å²) in [5.74, 6) is 1.50. The summed E-state index contributed by atoms with van der Waals surface area (Å²) in [6.07, 6.45) is 0.628. The zero-order valence-corrected chi connectivity index (χ0v) is 13.6. The van der Waals surface area contributed by atoms with E-state index < -0.39 is 6.10 Å². The molecule has 1 N–H and O–H groups in total. The van der Waals surface area contributed by atoms with Gasteiger partial charge in [0, 0.05) is 24.0 Å². The first-order valence-electron chi connectivity index (χ1n) is 7.49. The highest BCUT2D eigenvalue weighted by Gasteiger charge is 2.28. The van der Waals surface area contributed by atoms with Crippen LogP contribution in [0, 0.1) is 12.8 Å². The van der Waals surface area contributed by atoms with E-state index in [9.17, 15) is 9.90 Å². The van der Waals surface area contributed by atoms with E-state index in [2.05, 4.69) is 4.98 Å². The van der Waals surface area contributed by atoms with E-state index in [4.69, 9.17) is 4.42 Å². The van der Waals surface area contributed by atoms with E-state index in [0.717, 1.165) is 12.0 Å². The minimum atomic E-state index is -0.433. The summed E-state index contributed by atoms with van der Waals surface area (Å²) in [6, 6.07) is 1.95. The number of oxazole rings is 1. The highest BCUT2D eigenvalue weighted by atomic mass is 32.1. The second-order valence-corrected chi connectivity index (χ2v) is 6.66. The van der Waals surface area contributed by atoms with Crippen molar-refractivity contribution in [3.63, 3.8) is 0 Å². The smallest absolute Gasteiger partial charge is 0.228 e. The molecule has 0 radical (unpaired) electrons. The molecule has 0 spiro atoms. The van der Waals surface area contributed by atoms with Gasteiger partial charge in [-0.15, -0.1) is 0 Å². The van der Waals surface area contributed by atoms with Crippen molar-refractivity contribution >= 4 is 17.2 Å². The number of aliphatic hydroxyl groups excluding tert-OH is 1. The molecular weight excluding hydrogens is 300 g/mol. The maximum Gasteiger partial charge on any atom is 0.228 e. The Balaban J connectivity index is 1.69. The van der Waals surface area contributed by atoms with Crippen LogP contribution in [0.4, 0.5) is 0 Å². The van der Waals surface area contributed by atoms with Crippen LogP contribution in [0.5, 0.6) is 0 Å². The summed E-state index contributed by atoms with van der Waals surface area (Å²) in [5.41, 5.74) is 1.62. The van der Waals surface area contributed by atoms with Crippen LogP contribution in [0.1, 0.15) is 24.8 Å². The zero-order chi connectivity index (χ0) is 15.7. The number of thiophene rings is 1. The van der Waals surface area contributed by atoms with Gasteiger partial charge in [0.25, 0.3) is 0 Å². The maximum atomic E-state index is 12.4. The fourth-order valence-corrected chi connectivity index (χ4v) is 3.26. The average Bonchev–Trinajstić information content (AvgIpc) is 3.12. The Hall–Kier alpha value is -1.66. The van der Waals surface area contributed by atoms with Crippen molar-refractivity contribution in [2.45, 2.75) is 32.8 Å². The molecular formula is C16H20N2O3S. The third-order valence-electron chi connectivity index (χ3n) is 4.25. The molecule has 118 valence electrons. The Morgan fingerprint density at radius 2 is 2.41 bits per heavy atom. The lowest BCUT2D eigenvalue weighted by Crippen LogP contribution is -2.46. The zero-order valence-electron chi connectivity index (χ0n) is 12.8. The molecule has 1 saturated heterocycles. The van der Waals surface area contributed by atoms with Gasteiger partial charge in [-0.05, 0) is 30.7 Å². The number of piperidine rings is 1. The molecule has 2 atom stereocenters. The van der Waals surface area contributed by atoms with Crippen LogP contribution in [0.15, 0.2) is 21.2 Å². The number of aryl methyl sites for hydroxylation is 1. The van der Waals surface area contributed by atoms with Gasteiger partial charge in [0.2, 0.25) is 11.8 Å². The Kier molecular flexibility index (Phi) is 4.31. The third-order valence-corrected chi connectivity index (χ3v) is 4.93. The number of hydrogen-bond donors (Lipinski definition) is 1. The van der Waals surface area contributed by atoms with Crippen molar-refractivity contribution in [2.24, 2.45) is 5.92 Å². The molecule has 1 aliphatic heterocycles. The normalized spacial score (nSPS) is 22.0. The van der Waals surface area contributed by atoms with E-state index >= 15 is 0 Å². The van der Waals surface area contributed by atoms with E-state index in [0.29, 0.717) is 30.4 Å². The van der Waals surface area contributed by atoms with E-state index in [1.54, 1.807) is 16.2 Å². The Morgan fingerprint density at radius 1 is 1.59 bits per heavy atom. The van der Waals surface area contributed by atoms with Crippen LogP contribution in [0.3, 0.4) is 0 Å². The monoisotopic (exact) mass is 320 g/mol. The molecule has 0 aliphatic carbocycles. The Labute approximate surface area is 133 Å². The first-order chi connectivity index (χ1) is 10.5. The molecule has 3 rings (SSSR count). The lowest BCUT2D eigenvalue weighted by molar-refractivity contribution is -0.134. The summed E-state index contributed by atoms with van der Waals surface area (Å²) in [6.45, 7) is 4.96. The Bertz CT molecular complexity index is 650. The van der Waals surface area contributed by atoms with Gasteiger partial charge in [0.15, 0.2) is 0 Å². The highest BCUT2D eigenvalue weighted by molar-refractivity contribution is 7.08. The summed E-state index contributed by atoms with van der Waals surface area (Å²) in [5, 5.41) is 13.9. The minimum Gasteiger partial charge on any atom is -0.441 e. The fraction of sp³-hybridized carbons (Fsp3) is 0.500. The van der Waals surface area contributed by atoms with Gasteiger partial charge in [-0.3, -0.25) is 4.79 Å². The molecule has 2 unspecified atom stereocenters. The predicted octanol–water partition coefficient (Wildman–Crippen LogP) is 2.48. The van der Waals surface area contributed by atoms with Crippen molar-refractivity contribution in [3.8, 4) is 11.5 Å². The van der Waals surface area contributed by atoms with Crippen molar-refractivity contribution in [1.29, 1.82) is 0 Å². The van der Waals surface area contributed by atoms with Crippen molar-refractivity contribution in [2.75, 3.05) is 13.1 Å². The van der Waals surface area contributed by atoms with Crippen molar-refractivity contribution < 1.29 is 14.3 Å². The molecule has 5 nitrogen and oxygen atoms in total. The quantitative estimate of drug-likeness (QED) is 0.943. The molecule has 0 saturated carbocycles. The number of likely N-dealkylation sites (tertiary alicyclic amines) is 1. The number of amides is 1. The van der Waals surface area contributed by atoms with Gasteiger partial charge in [-0.2, -0.15) is 11.3 Å². The first kappa shape index (κ1) is 15.2. The first-order valence-corrected chi connectivity index (χ1v) is 8.43. The topological polar surface area (TPSA) is 66.6 Å². The number of aromatic nitrogens is 1. The molecule has 6 heteroatoms. The summed E-state index contributed by atoms with van der Waals surface area (Å²) < 4.78 is 5.66. The SMILES string of the molecule is Cc1oc(-c2ccsc2)nc1CC(=O)N1CCC(C)C(O)C1. The number of β-amino-alcohol motifs (C(OH)–C–C–N with tert-alkyl or cyclic N) is 1. The number of carbonyl (C=O) groups is 1. The maximum absolute atomic E-state index is 12.4. The second kappa shape index (κ2) is 6.22. The number of aliphatic hydroxyl groups is 1. The molecule has 0 bridgehead atoms. The van der Waals surface area contributed by atoms with Gasteiger partial charge in [-0.25, -0.2) is 4.98 Å². The van der Waals surface area contributed by atoms with Crippen LogP contribution < -0.4 is 0 Å². The fourth-order valence-electron chi connectivity index (χ4n) is 2.63. The van der Waals surface area contributed by atoms with Crippen LogP contribution in [-0.4, -0.2) is 40.1 Å². The van der Waals surface area contributed by atoms with Crippen LogP contribution in [0.25, 0.3) is 11.5 Å². The van der Waals surface area contributed by atoms with Crippen molar-refractivity contribution in [3.05, 3.63) is 28.3 Å². The van der Waals surface area contributed by atoms with Crippen LogP contribution in [-0.2, 0) is 11.2 Å². The van der Waals surface area contributed by atoms with Gasteiger partial charge < -0.3 is 14.4 Å². The minimum absolute atomic E-state index is 0.000723.